The molecule has 1 amide bonds. The van der Waals surface area contributed by atoms with Gasteiger partial charge in [0, 0.05) is 17.9 Å². The van der Waals surface area contributed by atoms with Crippen LogP contribution in [0.2, 0.25) is 0 Å². The smallest absolute Gasteiger partial charge is 0.260 e. The van der Waals surface area contributed by atoms with Crippen LogP contribution in [0.3, 0.4) is 0 Å². The Bertz CT molecular complexity index is 622. The van der Waals surface area contributed by atoms with Crippen molar-refractivity contribution >= 4 is 17.3 Å². The fraction of sp³-hybridized carbons (Fsp3) is 0.267. The molecule has 0 bridgehead atoms. The van der Waals surface area contributed by atoms with Crippen LogP contribution in [0.15, 0.2) is 30.3 Å². The number of hydrogen-bond acceptors (Lipinski definition) is 4. The van der Waals surface area contributed by atoms with E-state index in [0.29, 0.717) is 23.5 Å². The molecule has 0 saturated carbocycles. The molecule has 2 rings (SSSR count). The Labute approximate surface area is 118 Å². The highest BCUT2D eigenvalue weighted by molar-refractivity contribution is 6.06. The molecule has 20 heavy (non-hydrogen) atoms. The maximum atomic E-state index is 12.7. The minimum Gasteiger partial charge on any atom is -0.399 e. The molecule has 0 saturated heterocycles. The van der Waals surface area contributed by atoms with E-state index in [1.54, 1.807) is 30.0 Å². The van der Waals surface area contributed by atoms with E-state index in [1.807, 2.05) is 26.0 Å². The number of anilines is 2. The number of amides is 1. The summed E-state index contributed by atoms with van der Waals surface area (Å²) in [6.45, 7) is 6.12. The highest BCUT2D eigenvalue weighted by Crippen LogP contribution is 2.19. The Morgan fingerprint density at radius 3 is 2.45 bits per heavy atom. The van der Waals surface area contributed by atoms with Gasteiger partial charge in [-0.3, -0.25) is 4.79 Å². The van der Waals surface area contributed by atoms with Gasteiger partial charge in [-0.2, -0.15) is 10.2 Å². The van der Waals surface area contributed by atoms with Crippen molar-refractivity contribution in [1.82, 2.24) is 10.2 Å². The van der Waals surface area contributed by atoms with Crippen molar-refractivity contribution in [2.75, 3.05) is 17.2 Å². The number of hydrogen-bond donors (Lipinski definition) is 1. The lowest BCUT2D eigenvalue weighted by molar-refractivity contribution is 0.0987. The highest BCUT2D eigenvalue weighted by atomic mass is 16.2. The van der Waals surface area contributed by atoms with Crippen molar-refractivity contribution in [1.29, 1.82) is 0 Å². The number of nitrogens with two attached hydrogens (primary N) is 1. The molecule has 0 aliphatic carbocycles. The Balaban J connectivity index is 2.38. The number of rotatable bonds is 3. The summed E-state index contributed by atoms with van der Waals surface area (Å²) in [5.74, 6) is -0.0761. The van der Waals surface area contributed by atoms with E-state index >= 15 is 0 Å². The van der Waals surface area contributed by atoms with Gasteiger partial charge in [-0.25, -0.2) is 0 Å². The number of benzene rings is 1. The lowest BCUT2D eigenvalue weighted by atomic mass is 10.1. The van der Waals surface area contributed by atoms with Crippen molar-refractivity contribution in [3.05, 3.63) is 47.3 Å². The van der Waals surface area contributed by atoms with Gasteiger partial charge < -0.3 is 10.6 Å². The Morgan fingerprint density at radius 2 is 1.85 bits per heavy atom. The maximum absolute atomic E-state index is 12.7. The van der Waals surface area contributed by atoms with Gasteiger partial charge in [0.1, 0.15) is 0 Å². The van der Waals surface area contributed by atoms with E-state index < -0.39 is 0 Å². The van der Waals surface area contributed by atoms with Crippen molar-refractivity contribution in [2.24, 2.45) is 0 Å². The molecule has 5 nitrogen and oxygen atoms in total. The fourth-order valence-corrected chi connectivity index (χ4v) is 2.01. The van der Waals surface area contributed by atoms with Gasteiger partial charge in [0.05, 0.1) is 17.0 Å². The summed E-state index contributed by atoms with van der Waals surface area (Å²) in [6, 6.07) is 9.02. The summed E-state index contributed by atoms with van der Waals surface area (Å²) >= 11 is 0. The van der Waals surface area contributed by atoms with E-state index in [0.717, 1.165) is 11.4 Å². The molecule has 0 spiro atoms. The van der Waals surface area contributed by atoms with Gasteiger partial charge >= 0.3 is 0 Å². The molecule has 1 aromatic heterocycles. The van der Waals surface area contributed by atoms with Crippen LogP contribution < -0.4 is 10.6 Å². The molecular weight excluding hydrogens is 252 g/mol. The SMILES string of the molecule is CCN(C(=O)c1cc(C)nnc1C)c1ccc(N)cc1. The summed E-state index contributed by atoms with van der Waals surface area (Å²) in [5.41, 5.74) is 9.12. The number of carbonyl (C=O) groups excluding carboxylic acids is 1. The van der Waals surface area contributed by atoms with Crippen molar-refractivity contribution in [3.8, 4) is 0 Å². The molecule has 0 aliphatic heterocycles. The predicted molar refractivity (Wildman–Crippen MR) is 79.7 cm³/mol. The molecule has 0 aliphatic rings. The summed E-state index contributed by atoms with van der Waals surface area (Å²) < 4.78 is 0. The first kappa shape index (κ1) is 14.0. The predicted octanol–water partition coefficient (Wildman–Crippen LogP) is 2.34. The Morgan fingerprint density at radius 1 is 1.20 bits per heavy atom. The lowest BCUT2D eigenvalue weighted by Gasteiger charge is -2.22. The number of aryl methyl sites for hydroxylation is 2. The normalized spacial score (nSPS) is 10.3. The topological polar surface area (TPSA) is 72.1 Å². The molecule has 2 aromatic rings. The standard InChI is InChI=1S/C15H18N4O/c1-4-19(13-7-5-12(16)6-8-13)15(20)14-9-10(2)17-18-11(14)3/h5-9H,4,16H2,1-3H3. The average Bonchev–Trinajstić information content (AvgIpc) is 2.44. The third kappa shape index (κ3) is 2.77. The van der Waals surface area contributed by atoms with Crippen LogP contribution in [0, 0.1) is 13.8 Å². The zero-order valence-electron chi connectivity index (χ0n) is 11.9. The maximum Gasteiger partial charge on any atom is 0.260 e. The summed E-state index contributed by atoms with van der Waals surface area (Å²) in [7, 11) is 0. The molecule has 1 aromatic carbocycles. The first-order valence-electron chi connectivity index (χ1n) is 6.51. The van der Waals surface area contributed by atoms with Crippen LogP contribution >= 0.6 is 0 Å². The third-order valence-electron chi connectivity index (χ3n) is 3.10. The average molecular weight is 270 g/mol. The minimum atomic E-state index is -0.0761. The largest absolute Gasteiger partial charge is 0.399 e. The summed E-state index contributed by atoms with van der Waals surface area (Å²) in [5, 5.41) is 7.96. The molecule has 0 atom stereocenters. The van der Waals surface area contributed by atoms with Gasteiger partial charge in [-0.05, 0) is 51.1 Å². The first-order valence-corrected chi connectivity index (χ1v) is 6.51. The van der Waals surface area contributed by atoms with Crippen LogP contribution in [-0.4, -0.2) is 22.6 Å². The quantitative estimate of drug-likeness (QED) is 0.869. The monoisotopic (exact) mass is 270 g/mol. The first-order chi connectivity index (χ1) is 9.52. The van der Waals surface area contributed by atoms with Crippen LogP contribution in [0.4, 0.5) is 11.4 Å². The van der Waals surface area contributed by atoms with Gasteiger partial charge in [0.15, 0.2) is 0 Å². The van der Waals surface area contributed by atoms with Crippen LogP contribution in [0.5, 0.6) is 0 Å². The molecule has 0 radical (unpaired) electrons. The second-order valence-electron chi connectivity index (χ2n) is 4.63. The van der Waals surface area contributed by atoms with Crippen molar-refractivity contribution in [2.45, 2.75) is 20.8 Å². The summed E-state index contributed by atoms with van der Waals surface area (Å²) in [6.07, 6.45) is 0. The zero-order chi connectivity index (χ0) is 14.7. The molecule has 1 heterocycles. The minimum absolute atomic E-state index is 0.0761. The fourth-order valence-electron chi connectivity index (χ4n) is 2.01. The second kappa shape index (κ2) is 5.69. The van der Waals surface area contributed by atoms with E-state index in [2.05, 4.69) is 10.2 Å². The Kier molecular flexibility index (Phi) is 3.98. The van der Waals surface area contributed by atoms with Gasteiger partial charge in [-0.1, -0.05) is 0 Å². The molecule has 0 unspecified atom stereocenters. The van der Waals surface area contributed by atoms with Gasteiger partial charge in [0.2, 0.25) is 0 Å². The third-order valence-corrected chi connectivity index (χ3v) is 3.10. The van der Waals surface area contributed by atoms with E-state index in [4.69, 9.17) is 5.73 Å². The Hall–Kier alpha value is -2.43. The lowest BCUT2D eigenvalue weighted by Crippen LogP contribution is -2.31. The van der Waals surface area contributed by atoms with Crippen LogP contribution in [0.1, 0.15) is 28.7 Å². The van der Waals surface area contributed by atoms with Crippen molar-refractivity contribution < 1.29 is 4.79 Å². The van der Waals surface area contributed by atoms with Crippen molar-refractivity contribution in [3.63, 3.8) is 0 Å². The highest BCUT2D eigenvalue weighted by Gasteiger charge is 2.19. The second-order valence-corrected chi connectivity index (χ2v) is 4.63. The van der Waals surface area contributed by atoms with E-state index in [1.165, 1.54) is 0 Å². The molecular formula is C15H18N4O. The zero-order valence-corrected chi connectivity index (χ0v) is 11.9. The van der Waals surface area contributed by atoms with Gasteiger partial charge in [0.25, 0.3) is 5.91 Å². The van der Waals surface area contributed by atoms with Gasteiger partial charge in [-0.15, -0.1) is 0 Å². The molecule has 2 N–H and O–H groups in total. The van der Waals surface area contributed by atoms with E-state index in [-0.39, 0.29) is 5.91 Å². The number of nitrogens with zero attached hydrogens (tertiary/aromatic N) is 3. The number of aromatic nitrogens is 2. The number of carbonyl (C=O) groups is 1. The molecule has 104 valence electrons. The molecule has 5 heteroatoms. The van der Waals surface area contributed by atoms with E-state index in [9.17, 15) is 4.79 Å². The number of nitrogen functional groups attached to an aromatic ring is 1. The van der Waals surface area contributed by atoms with Crippen LogP contribution in [-0.2, 0) is 0 Å². The summed E-state index contributed by atoms with van der Waals surface area (Å²) in [4.78, 5) is 14.4. The van der Waals surface area contributed by atoms with Crippen LogP contribution in [0.25, 0.3) is 0 Å². The molecule has 0 fully saturated rings.